The van der Waals surface area contributed by atoms with Crippen LogP contribution in [0, 0.1) is 23.0 Å². The number of ether oxygens (including phenoxy) is 1. The second-order valence-electron chi connectivity index (χ2n) is 7.74. The van der Waals surface area contributed by atoms with Gasteiger partial charge in [0.25, 0.3) is 5.69 Å². The molecule has 1 aliphatic heterocycles. The molecule has 2 aromatic heterocycles. The Kier molecular flexibility index (Phi) is 6.50. The molecule has 0 saturated carbocycles. The molecule has 0 spiro atoms. The van der Waals surface area contributed by atoms with Gasteiger partial charge in [-0.2, -0.15) is 4.98 Å². The lowest BCUT2D eigenvalue weighted by Crippen LogP contribution is -2.38. The summed E-state index contributed by atoms with van der Waals surface area (Å²) in [6.45, 7) is 6.03. The molecule has 3 aromatic rings. The van der Waals surface area contributed by atoms with Crippen LogP contribution in [-0.2, 0) is 16.1 Å². The van der Waals surface area contributed by atoms with Gasteiger partial charge >= 0.3 is 5.97 Å². The van der Waals surface area contributed by atoms with Crippen LogP contribution in [0.5, 0.6) is 0 Å². The summed E-state index contributed by atoms with van der Waals surface area (Å²) in [4.78, 5) is 36.4. The number of fused-ring (bicyclic) bond motifs is 1. The van der Waals surface area contributed by atoms with Crippen LogP contribution in [0.4, 0.5) is 17.5 Å². The highest BCUT2D eigenvalue weighted by molar-refractivity contribution is 7.18. The number of non-ortho nitro benzene ring substituents is 1. The van der Waals surface area contributed by atoms with Crippen molar-refractivity contribution in [3.8, 4) is 0 Å². The summed E-state index contributed by atoms with van der Waals surface area (Å²) in [6, 6.07) is 8.61. The molecule has 0 amide bonds. The zero-order chi connectivity index (χ0) is 22.7. The zero-order valence-electron chi connectivity index (χ0n) is 18.0. The topological polar surface area (TPSA) is 110 Å². The maximum absolute atomic E-state index is 12.0. The van der Waals surface area contributed by atoms with E-state index >= 15 is 0 Å². The standard InChI is InChI=1S/C22H25N5O4S/c1-3-31-21(28)16-7-9-26(10-8-16)22-24-19(18-11-14(2)32-20(18)25-22)23-13-15-5-4-6-17(12-15)27(29)30/h4-6,11-12,16H,3,7-10,13H2,1-2H3,(H,23,24,25). The maximum Gasteiger partial charge on any atom is 0.309 e. The average Bonchev–Trinajstić information content (AvgIpc) is 3.18. The Labute approximate surface area is 189 Å². The number of nitrogens with zero attached hydrogens (tertiary/aromatic N) is 4. The summed E-state index contributed by atoms with van der Waals surface area (Å²) < 4.78 is 5.16. The number of anilines is 2. The first-order valence-corrected chi connectivity index (χ1v) is 11.4. The maximum atomic E-state index is 12.0. The quantitative estimate of drug-likeness (QED) is 0.319. The highest BCUT2D eigenvalue weighted by atomic mass is 32.1. The lowest BCUT2D eigenvalue weighted by molar-refractivity contribution is -0.384. The third-order valence-electron chi connectivity index (χ3n) is 5.48. The average molecular weight is 456 g/mol. The second-order valence-corrected chi connectivity index (χ2v) is 8.98. The lowest BCUT2D eigenvalue weighted by atomic mass is 9.97. The second kappa shape index (κ2) is 9.47. The van der Waals surface area contributed by atoms with Crippen LogP contribution in [0.25, 0.3) is 10.2 Å². The van der Waals surface area contributed by atoms with Gasteiger partial charge in [0.2, 0.25) is 5.95 Å². The highest BCUT2D eigenvalue weighted by Crippen LogP contribution is 2.32. The van der Waals surface area contributed by atoms with Gasteiger partial charge in [-0.15, -0.1) is 11.3 Å². The fourth-order valence-electron chi connectivity index (χ4n) is 3.85. The van der Waals surface area contributed by atoms with Crippen molar-refractivity contribution in [2.45, 2.75) is 33.2 Å². The van der Waals surface area contributed by atoms with Crippen molar-refractivity contribution in [3.63, 3.8) is 0 Å². The minimum Gasteiger partial charge on any atom is -0.466 e. The van der Waals surface area contributed by atoms with Crippen LogP contribution in [0.2, 0.25) is 0 Å². The molecule has 0 radical (unpaired) electrons. The van der Waals surface area contributed by atoms with E-state index in [9.17, 15) is 14.9 Å². The molecule has 4 rings (SSSR count). The molecule has 0 unspecified atom stereocenters. The molecule has 9 nitrogen and oxygen atoms in total. The van der Waals surface area contributed by atoms with Crippen LogP contribution in [-0.4, -0.2) is 40.6 Å². The van der Waals surface area contributed by atoms with Gasteiger partial charge in [0.15, 0.2) is 0 Å². The number of hydrogen-bond acceptors (Lipinski definition) is 9. The number of aryl methyl sites for hydroxylation is 1. The molecule has 0 aliphatic carbocycles. The van der Waals surface area contributed by atoms with E-state index in [0.717, 1.165) is 20.7 Å². The molecular formula is C22H25N5O4S. The third-order valence-corrected chi connectivity index (χ3v) is 6.43. The smallest absolute Gasteiger partial charge is 0.309 e. The molecule has 1 saturated heterocycles. The van der Waals surface area contributed by atoms with Gasteiger partial charge in [-0.1, -0.05) is 12.1 Å². The SMILES string of the molecule is CCOC(=O)C1CCN(c2nc(NCc3cccc([N+](=O)[O-])c3)c3cc(C)sc3n2)CC1. The first-order valence-electron chi connectivity index (χ1n) is 10.6. The molecule has 0 atom stereocenters. The molecule has 32 heavy (non-hydrogen) atoms. The largest absolute Gasteiger partial charge is 0.466 e. The fourth-order valence-corrected chi connectivity index (χ4v) is 4.72. The number of esters is 1. The number of carbonyl (C=O) groups excluding carboxylic acids is 1. The van der Waals surface area contributed by atoms with E-state index in [1.165, 1.54) is 6.07 Å². The van der Waals surface area contributed by atoms with Crippen molar-refractivity contribution >= 4 is 45.0 Å². The molecule has 1 aliphatic rings. The van der Waals surface area contributed by atoms with Crippen molar-refractivity contribution in [2.75, 3.05) is 29.9 Å². The van der Waals surface area contributed by atoms with Gasteiger partial charge in [0.1, 0.15) is 10.6 Å². The minimum absolute atomic E-state index is 0.0636. The molecule has 0 bridgehead atoms. The van der Waals surface area contributed by atoms with Gasteiger partial charge in [-0.3, -0.25) is 14.9 Å². The van der Waals surface area contributed by atoms with Crippen molar-refractivity contribution in [2.24, 2.45) is 5.92 Å². The van der Waals surface area contributed by atoms with Crippen molar-refractivity contribution in [1.82, 2.24) is 9.97 Å². The Bertz CT molecular complexity index is 1140. The van der Waals surface area contributed by atoms with E-state index < -0.39 is 4.92 Å². The summed E-state index contributed by atoms with van der Waals surface area (Å²) in [7, 11) is 0. The van der Waals surface area contributed by atoms with E-state index in [1.54, 1.807) is 23.5 Å². The van der Waals surface area contributed by atoms with E-state index in [2.05, 4.69) is 10.2 Å². The predicted molar refractivity (Wildman–Crippen MR) is 124 cm³/mol. The molecule has 3 heterocycles. The number of carbonyl (C=O) groups is 1. The number of nitrogens with one attached hydrogen (secondary N) is 1. The summed E-state index contributed by atoms with van der Waals surface area (Å²) in [6.07, 6.45) is 1.42. The fraction of sp³-hybridized carbons (Fsp3) is 0.409. The Morgan fingerprint density at radius 1 is 1.31 bits per heavy atom. The lowest BCUT2D eigenvalue weighted by Gasteiger charge is -2.31. The molecular weight excluding hydrogens is 430 g/mol. The van der Waals surface area contributed by atoms with Gasteiger partial charge in [-0.25, -0.2) is 4.98 Å². The van der Waals surface area contributed by atoms with Crippen LogP contribution in [0.15, 0.2) is 30.3 Å². The first kappa shape index (κ1) is 21.9. The van der Waals surface area contributed by atoms with Crippen LogP contribution < -0.4 is 10.2 Å². The summed E-state index contributed by atoms with van der Waals surface area (Å²) >= 11 is 1.60. The van der Waals surface area contributed by atoms with Crippen LogP contribution >= 0.6 is 11.3 Å². The van der Waals surface area contributed by atoms with E-state index in [0.29, 0.717) is 50.8 Å². The Morgan fingerprint density at radius 3 is 2.81 bits per heavy atom. The first-order chi connectivity index (χ1) is 15.4. The minimum atomic E-state index is -0.396. The molecule has 1 N–H and O–H groups in total. The Morgan fingerprint density at radius 2 is 2.09 bits per heavy atom. The number of piperidine rings is 1. The van der Waals surface area contributed by atoms with Gasteiger partial charge < -0.3 is 15.0 Å². The third kappa shape index (κ3) is 4.80. The zero-order valence-corrected chi connectivity index (χ0v) is 18.9. The molecule has 10 heteroatoms. The molecule has 1 fully saturated rings. The van der Waals surface area contributed by atoms with Crippen LogP contribution in [0.3, 0.4) is 0 Å². The number of thiophene rings is 1. The highest BCUT2D eigenvalue weighted by Gasteiger charge is 2.27. The monoisotopic (exact) mass is 455 g/mol. The predicted octanol–water partition coefficient (Wildman–Crippen LogP) is 4.30. The van der Waals surface area contributed by atoms with Crippen molar-refractivity contribution in [1.29, 1.82) is 0 Å². The number of hydrogen-bond donors (Lipinski definition) is 1. The number of rotatable bonds is 7. The Balaban J connectivity index is 1.54. The van der Waals surface area contributed by atoms with Crippen molar-refractivity contribution < 1.29 is 14.5 Å². The van der Waals surface area contributed by atoms with Crippen molar-refractivity contribution in [3.05, 3.63) is 50.9 Å². The Hall–Kier alpha value is -3.27. The van der Waals surface area contributed by atoms with Gasteiger partial charge in [-0.05, 0) is 38.3 Å². The number of aromatic nitrogens is 2. The summed E-state index contributed by atoms with van der Waals surface area (Å²) in [5.41, 5.74) is 0.864. The van der Waals surface area contributed by atoms with E-state index in [1.807, 2.05) is 26.0 Å². The van der Waals surface area contributed by atoms with Crippen LogP contribution in [0.1, 0.15) is 30.2 Å². The van der Waals surface area contributed by atoms with Gasteiger partial charge in [0, 0.05) is 36.6 Å². The van der Waals surface area contributed by atoms with E-state index in [4.69, 9.17) is 14.7 Å². The number of nitro benzene ring substituents is 1. The number of benzene rings is 1. The number of nitro groups is 1. The summed E-state index contributed by atoms with van der Waals surface area (Å²) in [5.74, 6) is 1.12. The van der Waals surface area contributed by atoms with Gasteiger partial charge in [0.05, 0.1) is 22.8 Å². The molecule has 168 valence electrons. The molecule has 1 aromatic carbocycles. The summed E-state index contributed by atoms with van der Waals surface area (Å²) in [5, 5.41) is 15.3. The normalized spacial score (nSPS) is 14.5. The van der Waals surface area contributed by atoms with E-state index in [-0.39, 0.29) is 17.6 Å².